The van der Waals surface area contributed by atoms with E-state index in [1.165, 1.54) is 0 Å². The van der Waals surface area contributed by atoms with Gasteiger partial charge in [0.05, 0.1) is 5.41 Å². The number of carbonyl (C=O) groups is 2. The van der Waals surface area contributed by atoms with Crippen LogP contribution in [0.25, 0.3) is 0 Å². The maximum absolute atomic E-state index is 13.5. The molecule has 4 rings (SSSR count). The van der Waals surface area contributed by atoms with Gasteiger partial charge in [-0.2, -0.15) is 0 Å². The molecule has 0 bridgehead atoms. The van der Waals surface area contributed by atoms with Gasteiger partial charge < -0.3 is 15.1 Å². The second-order valence-corrected chi connectivity index (χ2v) is 7.79. The Labute approximate surface area is 178 Å². The van der Waals surface area contributed by atoms with Crippen molar-refractivity contribution in [3.63, 3.8) is 0 Å². The standard InChI is InChI=1S/C23H27N3O2.ClH/c1-25-20-11-6-5-10-19(20)23(22(25)28,16-18-8-3-2-4-9-18)17-21(27)26-14-7-12-24-13-15-26;/h2-6,8-11,24H,7,12-17H2,1H3;1H. The number of nitrogens with zero attached hydrogens (tertiary/aromatic N) is 2. The Morgan fingerprint density at radius 3 is 2.55 bits per heavy atom. The summed E-state index contributed by atoms with van der Waals surface area (Å²) in [5, 5.41) is 3.34. The number of likely N-dealkylation sites (N-methyl/N-ethyl adjacent to an activating group) is 1. The van der Waals surface area contributed by atoms with E-state index in [-0.39, 0.29) is 30.6 Å². The Morgan fingerprint density at radius 1 is 1.03 bits per heavy atom. The number of benzene rings is 2. The lowest BCUT2D eigenvalue weighted by molar-refractivity contribution is -0.136. The van der Waals surface area contributed by atoms with Crippen molar-refractivity contribution in [3.05, 3.63) is 65.7 Å². The van der Waals surface area contributed by atoms with Crippen molar-refractivity contribution in [1.82, 2.24) is 10.2 Å². The van der Waals surface area contributed by atoms with Crippen molar-refractivity contribution in [2.24, 2.45) is 0 Å². The maximum atomic E-state index is 13.5. The molecule has 2 heterocycles. The van der Waals surface area contributed by atoms with E-state index in [1.807, 2.05) is 66.5 Å². The second kappa shape index (κ2) is 8.97. The molecule has 5 nitrogen and oxygen atoms in total. The van der Waals surface area contributed by atoms with Gasteiger partial charge in [0.2, 0.25) is 11.8 Å². The predicted octanol–water partition coefficient (Wildman–Crippen LogP) is 2.78. The molecule has 2 aromatic rings. The molecule has 0 spiro atoms. The number of para-hydroxylation sites is 1. The Balaban J connectivity index is 0.00000240. The van der Waals surface area contributed by atoms with Crippen LogP contribution >= 0.6 is 12.4 Å². The normalized spacial score (nSPS) is 21.3. The van der Waals surface area contributed by atoms with Crippen LogP contribution in [0.5, 0.6) is 0 Å². The molecule has 1 atom stereocenters. The van der Waals surface area contributed by atoms with E-state index in [9.17, 15) is 9.59 Å². The fourth-order valence-electron chi connectivity index (χ4n) is 4.53. The Kier molecular flexibility index (Phi) is 6.60. The molecule has 2 aliphatic heterocycles. The Morgan fingerprint density at radius 2 is 1.76 bits per heavy atom. The zero-order chi connectivity index (χ0) is 19.6. The third kappa shape index (κ3) is 4.02. The number of nitrogens with one attached hydrogen (secondary N) is 1. The van der Waals surface area contributed by atoms with E-state index in [2.05, 4.69) is 5.32 Å². The fraction of sp³-hybridized carbons (Fsp3) is 0.391. The summed E-state index contributed by atoms with van der Waals surface area (Å²) in [6.07, 6.45) is 1.69. The minimum Gasteiger partial charge on any atom is -0.341 e. The first-order valence-corrected chi connectivity index (χ1v) is 10.0. The van der Waals surface area contributed by atoms with Gasteiger partial charge in [0.15, 0.2) is 0 Å². The number of halogens is 1. The number of fused-ring (bicyclic) bond motifs is 1. The Bertz CT molecular complexity index is 865. The van der Waals surface area contributed by atoms with Crippen molar-refractivity contribution < 1.29 is 9.59 Å². The number of amides is 2. The van der Waals surface area contributed by atoms with Crippen LogP contribution in [0.2, 0.25) is 0 Å². The van der Waals surface area contributed by atoms with E-state index >= 15 is 0 Å². The van der Waals surface area contributed by atoms with E-state index in [1.54, 1.807) is 4.90 Å². The molecule has 0 aromatic heterocycles. The molecule has 1 N–H and O–H groups in total. The molecule has 1 saturated heterocycles. The molecule has 0 saturated carbocycles. The largest absolute Gasteiger partial charge is 0.341 e. The highest BCUT2D eigenvalue weighted by Gasteiger charge is 2.51. The van der Waals surface area contributed by atoms with Crippen molar-refractivity contribution in [3.8, 4) is 0 Å². The average Bonchev–Trinajstić information content (AvgIpc) is 2.93. The zero-order valence-electron chi connectivity index (χ0n) is 16.8. The molecule has 1 fully saturated rings. The maximum Gasteiger partial charge on any atom is 0.238 e. The molecular weight excluding hydrogens is 386 g/mol. The van der Waals surface area contributed by atoms with Crippen LogP contribution in [0.4, 0.5) is 5.69 Å². The highest BCUT2D eigenvalue weighted by atomic mass is 35.5. The summed E-state index contributed by atoms with van der Waals surface area (Å²) in [5.41, 5.74) is 2.11. The van der Waals surface area contributed by atoms with Gasteiger partial charge in [-0.1, -0.05) is 48.5 Å². The molecular formula is C23H28ClN3O2. The van der Waals surface area contributed by atoms with E-state index in [4.69, 9.17) is 0 Å². The predicted molar refractivity (Wildman–Crippen MR) is 118 cm³/mol. The van der Waals surface area contributed by atoms with Gasteiger partial charge in [-0.25, -0.2) is 0 Å². The highest BCUT2D eigenvalue weighted by molar-refractivity contribution is 6.09. The third-order valence-corrected chi connectivity index (χ3v) is 5.99. The fourth-order valence-corrected chi connectivity index (χ4v) is 4.53. The minimum absolute atomic E-state index is 0. The molecule has 6 heteroatoms. The summed E-state index contributed by atoms with van der Waals surface area (Å²) < 4.78 is 0. The van der Waals surface area contributed by atoms with Gasteiger partial charge in [0.1, 0.15) is 0 Å². The smallest absolute Gasteiger partial charge is 0.238 e. The molecule has 2 amide bonds. The van der Waals surface area contributed by atoms with E-state index in [0.717, 1.165) is 42.9 Å². The van der Waals surface area contributed by atoms with Crippen LogP contribution in [0.3, 0.4) is 0 Å². The third-order valence-electron chi connectivity index (χ3n) is 5.99. The SMILES string of the molecule is CN1C(=O)C(CC(=O)N2CCCNCC2)(Cc2ccccc2)c2ccccc21.Cl. The molecule has 2 aromatic carbocycles. The molecule has 0 aliphatic carbocycles. The van der Waals surface area contributed by atoms with Gasteiger partial charge in [0.25, 0.3) is 0 Å². The van der Waals surface area contributed by atoms with Crippen molar-refractivity contribution in [2.45, 2.75) is 24.7 Å². The second-order valence-electron chi connectivity index (χ2n) is 7.79. The first-order valence-electron chi connectivity index (χ1n) is 10.0. The quantitative estimate of drug-likeness (QED) is 0.838. The lowest BCUT2D eigenvalue weighted by atomic mass is 9.73. The monoisotopic (exact) mass is 413 g/mol. The van der Waals surface area contributed by atoms with Crippen molar-refractivity contribution >= 4 is 29.9 Å². The Hall–Kier alpha value is -2.37. The molecule has 154 valence electrons. The first kappa shape index (κ1) is 21.3. The van der Waals surface area contributed by atoms with E-state index < -0.39 is 5.41 Å². The molecule has 1 unspecified atom stereocenters. The van der Waals surface area contributed by atoms with Crippen LogP contribution < -0.4 is 10.2 Å². The summed E-state index contributed by atoms with van der Waals surface area (Å²) in [7, 11) is 1.81. The number of carbonyl (C=O) groups excluding carboxylic acids is 2. The van der Waals surface area contributed by atoms with Gasteiger partial charge in [-0.3, -0.25) is 9.59 Å². The lowest BCUT2D eigenvalue weighted by Crippen LogP contribution is -2.46. The minimum atomic E-state index is -0.844. The van der Waals surface area contributed by atoms with Crippen LogP contribution in [0, 0.1) is 0 Å². The highest BCUT2D eigenvalue weighted by Crippen LogP contribution is 2.45. The average molecular weight is 414 g/mol. The molecule has 0 radical (unpaired) electrons. The van der Waals surface area contributed by atoms with Crippen LogP contribution in [0.15, 0.2) is 54.6 Å². The summed E-state index contributed by atoms with van der Waals surface area (Å²) in [6.45, 7) is 3.19. The number of rotatable bonds is 4. The lowest BCUT2D eigenvalue weighted by Gasteiger charge is -2.31. The van der Waals surface area contributed by atoms with Gasteiger partial charge in [0, 0.05) is 38.8 Å². The first-order chi connectivity index (χ1) is 13.6. The summed E-state index contributed by atoms with van der Waals surface area (Å²) in [5.74, 6) is 0.0805. The van der Waals surface area contributed by atoms with Gasteiger partial charge in [-0.15, -0.1) is 12.4 Å². The summed E-state index contributed by atoms with van der Waals surface area (Å²) >= 11 is 0. The van der Waals surface area contributed by atoms with Gasteiger partial charge in [-0.05, 0) is 36.6 Å². The van der Waals surface area contributed by atoms with Crippen molar-refractivity contribution in [2.75, 3.05) is 38.1 Å². The zero-order valence-corrected chi connectivity index (χ0v) is 17.6. The van der Waals surface area contributed by atoms with Crippen LogP contribution in [-0.2, 0) is 21.4 Å². The van der Waals surface area contributed by atoms with Crippen LogP contribution in [0.1, 0.15) is 24.0 Å². The molecule has 2 aliphatic rings. The van der Waals surface area contributed by atoms with Crippen molar-refractivity contribution in [1.29, 1.82) is 0 Å². The van der Waals surface area contributed by atoms with E-state index in [0.29, 0.717) is 13.0 Å². The number of hydrogen-bond donors (Lipinski definition) is 1. The number of hydrogen-bond acceptors (Lipinski definition) is 3. The summed E-state index contributed by atoms with van der Waals surface area (Å²) in [6, 6.07) is 17.9. The topological polar surface area (TPSA) is 52.7 Å². The van der Waals surface area contributed by atoms with Gasteiger partial charge >= 0.3 is 0 Å². The summed E-state index contributed by atoms with van der Waals surface area (Å²) in [4.78, 5) is 30.4. The van der Waals surface area contributed by atoms with Crippen LogP contribution in [-0.4, -0.2) is 49.9 Å². The number of anilines is 1. The molecule has 29 heavy (non-hydrogen) atoms.